The van der Waals surface area contributed by atoms with Gasteiger partial charge in [0.05, 0.1) is 11.5 Å². The number of imide groups is 1. The molecule has 4 nitrogen and oxygen atoms in total. The van der Waals surface area contributed by atoms with Gasteiger partial charge in [0.2, 0.25) is 11.8 Å². The number of nitrogens with one attached hydrogen (secondary N) is 1. The zero-order valence-corrected chi connectivity index (χ0v) is 9.52. The Morgan fingerprint density at radius 3 is 2.67 bits per heavy atom. The van der Waals surface area contributed by atoms with Crippen LogP contribution in [-0.2, 0) is 9.59 Å². The molecule has 0 bridgehead atoms. The molecule has 2 saturated heterocycles. The number of carbonyl (C=O) groups excluding carboxylic acids is 2. The van der Waals surface area contributed by atoms with Crippen LogP contribution in [0, 0.1) is 0 Å². The number of thioether (sulfide) groups is 1. The van der Waals surface area contributed by atoms with Gasteiger partial charge in [-0.25, -0.2) is 0 Å². The van der Waals surface area contributed by atoms with Gasteiger partial charge in [-0.15, -0.1) is 11.8 Å². The molecule has 0 aromatic heterocycles. The summed E-state index contributed by atoms with van der Waals surface area (Å²) in [6.07, 6.45) is 3.29. The maximum atomic E-state index is 11.5. The van der Waals surface area contributed by atoms with Crippen molar-refractivity contribution in [3.05, 3.63) is 0 Å². The molecule has 0 aliphatic carbocycles. The van der Waals surface area contributed by atoms with Crippen molar-refractivity contribution in [2.45, 2.75) is 25.3 Å². The summed E-state index contributed by atoms with van der Waals surface area (Å²) in [7, 11) is 0. The Bertz CT molecular complexity index is 248. The summed E-state index contributed by atoms with van der Waals surface area (Å²) in [6, 6.07) is 0.500. The summed E-state index contributed by atoms with van der Waals surface area (Å²) in [6.45, 7) is 1.66. The molecule has 0 aromatic carbocycles. The fourth-order valence-corrected chi connectivity index (χ4v) is 2.82. The second kappa shape index (κ2) is 4.99. The standard InChI is InChI=1S/C10H16N2O2S/c13-9-6-15-7-10(14)12(9)5-3-8-2-1-4-11-8/h8,11H,1-7H2. The molecule has 15 heavy (non-hydrogen) atoms. The van der Waals surface area contributed by atoms with Crippen LogP contribution in [0.5, 0.6) is 0 Å². The molecule has 84 valence electrons. The average Bonchev–Trinajstić information content (AvgIpc) is 2.70. The van der Waals surface area contributed by atoms with E-state index in [0.29, 0.717) is 24.1 Å². The smallest absolute Gasteiger partial charge is 0.239 e. The van der Waals surface area contributed by atoms with Crippen molar-refractivity contribution >= 4 is 23.6 Å². The van der Waals surface area contributed by atoms with E-state index in [1.165, 1.54) is 29.5 Å². The first-order chi connectivity index (χ1) is 7.27. The normalized spacial score (nSPS) is 27.5. The molecule has 1 N–H and O–H groups in total. The number of carbonyl (C=O) groups is 2. The summed E-state index contributed by atoms with van der Waals surface area (Å²) < 4.78 is 0. The SMILES string of the molecule is O=C1CSCC(=O)N1CCC1CCCN1. The van der Waals surface area contributed by atoms with Crippen LogP contribution < -0.4 is 5.32 Å². The van der Waals surface area contributed by atoms with E-state index in [-0.39, 0.29) is 11.8 Å². The predicted molar refractivity (Wildman–Crippen MR) is 59.7 cm³/mol. The van der Waals surface area contributed by atoms with Gasteiger partial charge in [0, 0.05) is 12.6 Å². The van der Waals surface area contributed by atoms with Gasteiger partial charge in [0.25, 0.3) is 0 Å². The minimum atomic E-state index is -0.0192. The lowest BCUT2D eigenvalue weighted by Crippen LogP contribution is -2.44. The highest BCUT2D eigenvalue weighted by Gasteiger charge is 2.27. The van der Waals surface area contributed by atoms with E-state index in [9.17, 15) is 9.59 Å². The molecular weight excluding hydrogens is 212 g/mol. The molecule has 0 radical (unpaired) electrons. The van der Waals surface area contributed by atoms with Crippen LogP contribution in [0.4, 0.5) is 0 Å². The van der Waals surface area contributed by atoms with Crippen LogP contribution in [0.2, 0.25) is 0 Å². The Kier molecular flexibility index (Phi) is 3.64. The summed E-state index contributed by atoms with van der Waals surface area (Å²) in [5.41, 5.74) is 0. The van der Waals surface area contributed by atoms with Gasteiger partial charge in [0.15, 0.2) is 0 Å². The molecule has 2 fully saturated rings. The lowest BCUT2D eigenvalue weighted by atomic mass is 10.1. The maximum Gasteiger partial charge on any atom is 0.239 e. The number of nitrogens with zero attached hydrogens (tertiary/aromatic N) is 1. The topological polar surface area (TPSA) is 49.4 Å². The van der Waals surface area contributed by atoms with E-state index < -0.39 is 0 Å². The lowest BCUT2D eigenvalue weighted by molar-refractivity contribution is -0.142. The summed E-state index contributed by atoms with van der Waals surface area (Å²) in [5.74, 6) is 0.886. The lowest BCUT2D eigenvalue weighted by Gasteiger charge is -2.25. The maximum absolute atomic E-state index is 11.5. The Morgan fingerprint density at radius 2 is 2.07 bits per heavy atom. The molecule has 1 unspecified atom stereocenters. The van der Waals surface area contributed by atoms with Crippen LogP contribution in [0.3, 0.4) is 0 Å². The number of hydrogen-bond acceptors (Lipinski definition) is 4. The average molecular weight is 228 g/mol. The number of amides is 2. The molecule has 1 atom stereocenters. The van der Waals surface area contributed by atoms with Gasteiger partial charge in [-0.3, -0.25) is 14.5 Å². The van der Waals surface area contributed by atoms with Crippen molar-refractivity contribution in [2.24, 2.45) is 0 Å². The molecule has 0 saturated carbocycles. The number of hydrogen-bond donors (Lipinski definition) is 1. The summed E-state index contributed by atoms with van der Waals surface area (Å²) >= 11 is 1.42. The van der Waals surface area contributed by atoms with Crippen molar-refractivity contribution in [1.29, 1.82) is 0 Å². The second-order valence-electron chi connectivity index (χ2n) is 4.01. The van der Waals surface area contributed by atoms with Crippen molar-refractivity contribution in [1.82, 2.24) is 10.2 Å². The van der Waals surface area contributed by atoms with Crippen LogP contribution >= 0.6 is 11.8 Å². The van der Waals surface area contributed by atoms with Crippen LogP contribution in [0.1, 0.15) is 19.3 Å². The highest BCUT2D eigenvalue weighted by molar-refractivity contribution is 8.00. The summed E-state index contributed by atoms with van der Waals surface area (Å²) in [4.78, 5) is 24.4. The van der Waals surface area contributed by atoms with Gasteiger partial charge >= 0.3 is 0 Å². The predicted octanol–water partition coefficient (Wildman–Crippen LogP) is 0.231. The van der Waals surface area contributed by atoms with Gasteiger partial charge in [-0.2, -0.15) is 0 Å². The van der Waals surface area contributed by atoms with E-state index in [0.717, 1.165) is 13.0 Å². The Balaban J connectivity index is 1.81. The highest BCUT2D eigenvalue weighted by Crippen LogP contribution is 2.15. The zero-order chi connectivity index (χ0) is 10.7. The van der Waals surface area contributed by atoms with Crippen LogP contribution in [0.15, 0.2) is 0 Å². The van der Waals surface area contributed by atoms with E-state index >= 15 is 0 Å². The second-order valence-corrected chi connectivity index (χ2v) is 5.00. The van der Waals surface area contributed by atoms with E-state index in [1.54, 1.807) is 0 Å². The van der Waals surface area contributed by atoms with Gasteiger partial charge < -0.3 is 5.32 Å². The van der Waals surface area contributed by atoms with Gasteiger partial charge in [-0.1, -0.05) is 0 Å². The third-order valence-electron chi connectivity index (χ3n) is 2.92. The summed E-state index contributed by atoms with van der Waals surface area (Å²) in [5, 5.41) is 3.37. The minimum absolute atomic E-state index is 0.0192. The van der Waals surface area contributed by atoms with E-state index in [2.05, 4.69) is 5.32 Å². The molecule has 5 heteroatoms. The minimum Gasteiger partial charge on any atom is -0.314 e. The largest absolute Gasteiger partial charge is 0.314 e. The monoisotopic (exact) mass is 228 g/mol. The molecular formula is C10H16N2O2S. The first-order valence-corrected chi connectivity index (χ1v) is 6.57. The van der Waals surface area contributed by atoms with Crippen molar-refractivity contribution < 1.29 is 9.59 Å². The fourth-order valence-electron chi connectivity index (χ4n) is 2.06. The Labute approximate surface area is 93.8 Å². The Hall–Kier alpha value is -0.550. The van der Waals surface area contributed by atoms with Crippen LogP contribution in [-0.4, -0.2) is 47.4 Å². The first kappa shape index (κ1) is 11.0. The van der Waals surface area contributed by atoms with Crippen molar-refractivity contribution in [2.75, 3.05) is 24.6 Å². The molecule has 2 aliphatic rings. The molecule has 0 spiro atoms. The number of rotatable bonds is 3. The van der Waals surface area contributed by atoms with E-state index in [1.807, 2.05) is 0 Å². The third-order valence-corrected chi connectivity index (χ3v) is 3.82. The first-order valence-electron chi connectivity index (χ1n) is 5.41. The third kappa shape index (κ3) is 2.72. The molecule has 2 heterocycles. The van der Waals surface area contributed by atoms with Crippen molar-refractivity contribution in [3.63, 3.8) is 0 Å². The van der Waals surface area contributed by atoms with Gasteiger partial charge in [-0.05, 0) is 25.8 Å². The molecule has 2 aliphatic heterocycles. The fraction of sp³-hybridized carbons (Fsp3) is 0.800. The zero-order valence-electron chi connectivity index (χ0n) is 8.70. The highest BCUT2D eigenvalue weighted by atomic mass is 32.2. The van der Waals surface area contributed by atoms with Gasteiger partial charge in [0.1, 0.15) is 0 Å². The Morgan fingerprint density at radius 1 is 1.33 bits per heavy atom. The van der Waals surface area contributed by atoms with E-state index in [4.69, 9.17) is 0 Å². The van der Waals surface area contributed by atoms with Crippen molar-refractivity contribution in [3.8, 4) is 0 Å². The molecule has 2 amide bonds. The molecule has 2 rings (SSSR count). The molecule has 0 aromatic rings. The quantitative estimate of drug-likeness (QED) is 0.703. The van der Waals surface area contributed by atoms with Crippen LogP contribution in [0.25, 0.3) is 0 Å².